The zero-order chi connectivity index (χ0) is 18.8. The van der Waals surface area contributed by atoms with E-state index in [0.717, 1.165) is 17.7 Å². The van der Waals surface area contributed by atoms with Crippen molar-refractivity contribution >= 4 is 28.2 Å². The maximum atomic E-state index is 15.2. The number of aromatic amines is 1. The van der Waals surface area contributed by atoms with Crippen LogP contribution in [-0.2, 0) is 4.79 Å². The highest BCUT2D eigenvalue weighted by Gasteiger charge is 2.36. The molecule has 134 valence electrons. The number of carbonyl (C=O) groups excluding carboxylic acids is 1. The van der Waals surface area contributed by atoms with E-state index in [-0.39, 0.29) is 16.9 Å². The molecule has 7 heteroatoms. The highest BCUT2D eigenvalue weighted by Crippen LogP contribution is 2.42. The summed E-state index contributed by atoms with van der Waals surface area (Å²) >= 11 is 0. The monoisotopic (exact) mass is 359 g/mol. The van der Waals surface area contributed by atoms with E-state index in [1.165, 1.54) is 6.07 Å². The van der Waals surface area contributed by atoms with Gasteiger partial charge in [-0.1, -0.05) is 0 Å². The Morgan fingerprint density at radius 3 is 2.54 bits per heavy atom. The van der Waals surface area contributed by atoms with Crippen molar-refractivity contribution in [2.45, 2.75) is 26.3 Å². The lowest BCUT2D eigenvalue weighted by molar-refractivity contribution is -0.119. The second-order valence-corrected chi connectivity index (χ2v) is 7.02. The number of carbonyl (C=O) groups is 1. The molecule has 1 aromatic heterocycles. The number of H-pyrrole nitrogens is 1. The minimum atomic E-state index is -1.00. The number of hydrogen-bond donors (Lipinski definition) is 3. The van der Waals surface area contributed by atoms with E-state index < -0.39 is 34.5 Å². The van der Waals surface area contributed by atoms with Crippen molar-refractivity contribution in [3.63, 3.8) is 0 Å². The van der Waals surface area contributed by atoms with Crippen LogP contribution >= 0.6 is 0 Å². The molecule has 0 atom stereocenters. The molecule has 0 bridgehead atoms. The molecule has 0 radical (unpaired) electrons. The third-order valence-electron chi connectivity index (χ3n) is 4.70. The van der Waals surface area contributed by atoms with E-state index in [1.807, 2.05) is 0 Å². The van der Waals surface area contributed by atoms with Crippen LogP contribution in [0.15, 0.2) is 24.4 Å². The highest BCUT2D eigenvalue weighted by molar-refractivity contribution is 6.07. The quantitative estimate of drug-likeness (QED) is 0.590. The molecule has 0 saturated carbocycles. The lowest BCUT2D eigenvalue weighted by Crippen LogP contribution is -2.47. The van der Waals surface area contributed by atoms with Crippen molar-refractivity contribution in [1.29, 1.82) is 0 Å². The summed E-state index contributed by atoms with van der Waals surface area (Å²) in [5.74, 6) is -2.84. The average Bonchev–Trinajstić information content (AvgIpc) is 2.90. The van der Waals surface area contributed by atoms with Gasteiger partial charge in [0.15, 0.2) is 5.82 Å². The van der Waals surface area contributed by atoms with Gasteiger partial charge in [-0.2, -0.15) is 0 Å². The molecule has 3 aromatic rings. The molecule has 0 spiro atoms. The van der Waals surface area contributed by atoms with Gasteiger partial charge in [0.2, 0.25) is 5.91 Å². The Kier molecular flexibility index (Phi) is 3.34. The largest absolute Gasteiger partial charge is 0.370 e. The molecule has 0 fully saturated rings. The van der Waals surface area contributed by atoms with Gasteiger partial charge in [-0.25, -0.2) is 13.2 Å². The first-order chi connectivity index (χ1) is 12.2. The van der Waals surface area contributed by atoms with Crippen LogP contribution in [0.2, 0.25) is 0 Å². The minimum Gasteiger partial charge on any atom is -0.370 e. The number of halogens is 3. The van der Waals surface area contributed by atoms with Crippen LogP contribution in [0.3, 0.4) is 0 Å². The topological polar surface area (TPSA) is 56.9 Å². The summed E-state index contributed by atoms with van der Waals surface area (Å²) in [6.45, 7) is 4.98. The maximum Gasteiger partial charge on any atom is 0.249 e. The number of fused-ring (bicyclic) bond motifs is 2. The van der Waals surface area contributed by atoms with Crippen LogP contribution in [0.5, 0.6) is 0 Å². The summed E-state index contributed by atoms with van der Waals surface area (Å²) in [6, 6.07) is 3.50. The van der Waals surface area contributed by atoms with Crippen molar-refractivity contribution in [2.24, 2.45) is 0 Å². The Morgan fingerprint density at radius 2 is 1.81 bits per heavy atom. The van der Waals surface area contributed by atoms with Crippen molar-refractivity contribution in [2.75, 3.05) is 10.6 Å². The second kappa shape index (κ2) is 5.27. The number of benzene rings is 2. The second-order valence-electron chi connectivity index (χ2n) is 7.02. The molecule has 4 rings (SSSR count). The van der Waals surface area contributed by atoms with Gasteiger partial charge in [-0.15, -0.1) is 0 Å². The number of aryl methyl sites for hydroxylation is 1. The molecule has 0 unspecified atom stereocenters. The number of rotatable bonds is 1. The van der Waals surface area contributed by atoms with Crippen molar-refractivity contribution in [3.05, 3.63) is 47.4 Å². The molecule has 1 aliphatic heterocycles. The molecule has 1 amide bonds. The summed E-state index contributed by atoms with van der Waals surface area (Å²) in [6.07, 6.45) is 1.65. The summed E-state index contributed by atoms with van der Waals surface area (Å²) in [4.78, 5) is 15.1. The Labute approximate surface area is 147 Å². The predicted molar refractivity (Wildman–Crippen MR) is 94.7 cm³/mol. The van der Waals surface area contributed by atoms with Gasteiger partial charge in [0.25, 0.3) is 0 Å². The third kappa shape index (κ3) is 2.27. The maximum absolute atomic E-state index is 15.2. The third-order valence-corrected chi connectivity index (χ3v) is 4.70. The predicted octanol–water partition coefficient (Wildman–Crippen LogP) is 4.70. The summed E-state index contributed by atoms with van der Waals surface area (Å²) < 4.78 is 44.0. The van der Waals surface area contributed by atoms with Crippen molar-refractivity contribution in [3.8, 4) is 11.1 Å². The minimum absolute atomic E-state index is 0.0602. The van der Waals surface area contributed by atoms with Crippen LogP contribution in [-0.4, -0.2) is 16.4 Å². The van der Waals surface area contributed by atoms with E-state index in [1.54, 1.807) is 27.0 Å². The number of aromatic nitrogens is 1. The van der Waals surface area contributed by atoms with E-state index in [0.29, 0.717) is 10.9 Å². The fourth-order valence-corrected chi connectivity index (χ4v) is 3.28. The van der Waals surface area contributed by atoms with Gasteiger partial charge in [0.05, 0.1) is 16.8 Å². The molecule has 4 nitrogen and oxygen atoms in total. The molecule has 0 aliphatic carbocycles. The van der Waals surface area contributed by atoms with Crippen LogP contribution in [0.4, 0.5) is 24.5 Å². The van der Waals surface area contributed by atoms with Gasteiger partial charge in [-0.3, -0.25) is 4.79 Å². The van der Waals surface area contributed by atoms with Crippen LogP contribution in [0, 0.1) is 24.4 Å². The highest BCUT2D eigenvalue weighted by atomic mass is 19.1. The zero-order valence-electron chi connectivity index (χ0n) is 14.4. The van der Waals surface area contributed by atoms with Gasteiger partial charge in [0, 0.05) is 17.1 Å². The molecule has 26 heavy (non-hydrogen) atoms. The Balaban J connectivity index is 2.01. The van der Waals surface area contributed by atoms with Crippen LogP contribution in [0.1, 0.15) is 19.4 Å². The van der Waals surface area contributed by atoms with E-state index >= 15 is 4.39 Å². The van der Waals surface area contributed by atoms with Crippen molar-refractivity contribution < 1.29 is 18.0 Å². The molecule has 1 aliphatic rings. The summed E-state index contributed by atoms with van der Waals surface area (Å²) in [5.41, 5.74) is -0.152. The van der Waals surface area contributed by atoms with E-state index in [9.17, 15) is 13.6 Å². The Hall–Kier alpha value is -2.96. The van der Waals surface area contributed by atoms with E-state index in [2.05, 4.69) is 15.6 Å². The first-order valence-electron chi connectivity index (χ1n) is 8.08. The number of amides is 1. The van der Waals surface area contributed by atoms with Gasteiger partial charge >= 0.3 is 0 Å². The lowest BCUT2D eigenvalue weighted by Gasteiger charge is -2.33. The molecular weight excluding hydrogens is 343 g/mol. The normalized spacial score (nSPS) is 15.5. The molecular formula is C19H16F3N3O. The first kappa shape index (κ1) is 16.5. The Morgan fingerprint density at radius 1 is 1.08 bits per heavy atom. The lowest BCUT2D eigenvalue weighted by atomic mass is 9.95. The molecule has 3 N–H and O–H groups in total. The Bertz CT molecular complexity index is 1090. The van der Waals surface area contributed by atoms with Gasteiger partial charge < -0.3 is 15.6 Å². The number of hydrogen-bond acceptors (Lipinski definition) is 2. The summed E-state index contributed by atoms with van der Waals surface area (Å²) in [5, 5.41) is 5.84. The molecule has 0 saturated heterocycles. The van der Waals surface area contributed by atoms with Crippen LogP contribution in [0.25, 0.3) is 22.0 Å². The smallest absolute Gasteiger partial charge is 0.249 e. The SMILES string of the molecule is Cc1c[nH]c2c(-c3c(F)cc4c(c3F)NC(=O)C(C)(C)N4)cc(F)cc12. The fourth-order valence-electron chi connectivity index (χ4n) is 3.28. The fraction of sp³-hybridized carbons (Fsp3) is 0.211. The first-order valence-corrected chi connectivity index (χ1v) is 8.08. The summed E-state index contributed by atoms with van der Waals surface area (Å²) in [7, 11) is 0. The average molecular weight is 359 g/mol. The molecule has 2 aromatic carbocycles. The number of nitrogens with one attached hydrogen (secondary N) is 3. The van der Waals surface area contributed by atoms with E-state index in [4.69, 9.17) is 0 Å². The number of anilines is 2. The van der Waals surface area contributed by atoms with Gasteiger partial charge in [0.1, 0.15) is 22.9 Å². The standard InChI is InChI=1S/C19H16F3N3O/c1-8-7-23-16-10(8)4-9(20)5-11(16)14-12(21)6-13-17(15(14)22)24-18(26)19(2,3)25-13/h4-7,23,25H,1-3H3,(H,24,26). The van der Waals surface area contributed by atoms with Crippen LogP contribution < -0.4 is 10.6 Å². The molecule has 2 heterocycles. The van der Waals surface area contributed by atoms with Crippen molar-refractivity contribution in [1.82, 2.24) is 4.98 Å². The zero-order valence-corrected chi connectivity index (χ0v) is 14.4. The van der Waals surface area contributed by atoms with Gasteiger partial charge in [-0.05, 0) is 44.5 Å².